The van der Waals surface area contributed by atoms with Crippen molar-refractivity contribution in [2.24, 2.45) is 0 Å². The molecule has 1 heterocycles. The van der Waals surface area contributed by atoms with Crippen LogP contribution in [0, 0.1) is 0 Å². The van der Waals surface area contributed by atoms with E-state index in [1.54, 1.807) is 24.3 Å². The lowest BCUT2D eigenvalue weighted by atomic mass is 10.1. The maximum absolute atomic E-state index is 12.9. The van der Waals surface area contributed by atoms with Gasteiger partial charge in [0, 0.05) is 5.56 Å². The van der Waals surface area contributed by atoms with Crippen molar-refractivity contribution in [1.29, 1.82) is 0 Å². The number of anilines is 1. The number of benzene rings is 2. The number of carbonyl (C=O) groups is 1. The Kier molecular flexibility index (Phi) is 4.98. The first kappa shape index (κ1) is 18.4. The van der Waals surface area contributed by atoms with E-state index in [1.165, 1.54) is 12.1 Å². The van der Waals surface area contributed by atoms with Crippen molar-refractivity contribution in [1.82, 2.24) is 0 Å². The number of nitrogens with one attached hydrogen (secondary N) is 1. The minimum absolute atomic E-state index is 0.0401. The first-order valence-corrected chi connectivity index (χ1v) is 8.04. The normalized spacial score (nSPS) is 11.4. The first-order valence-electron chi connectivity index (χ1n) is 7.28. The highest BCUT2D eigenvalue weighted by Gasteiger charge is 2.31. The highest BCUT2D eigenvalue weighted by atomic mass is 35.5. The summed E-state index contributed by atoms with van der Waals surface area (Å²) >= 11 is 11.9. The van der Waals surface area contributed by atoms with E-state index in [2.05, 4.69) is 5.32 Å². The molecule has 0 spiro atoms. The molecule has 134 valence electrons. The van der Waals surface area contributed by atoms with Gasteiger partial charge in [0.15, 0.2) is 5.76 Å². The summed E-state index contributed by atoms with van der Waals surface area (Å²) in [6.07, 6.45) is -4.52. The Hall–Kier alpha value is -2.44. The molecule has 0 saturated heterocycles. The summed E-state index contributed by atoms with van der Waals surface area (Å²) in [5, 5.41) is 2.98. The predicted octanol–water partition coefficient (Wildman–Crippen LogP) is 6.52. The van der Waals surface area contributed by atoms with Crippen LogP contribution in [0.15, 0.2) is 59.0 Å². The standard InChI is InChI=1S/C18H10Cl2F3NO2/c19-12-6-5-10(18(21,22)23)9-11(12)15-7-8-16(26-15)17(25)24-14-4-2-1-3-13(14)20/h1-9H,(H,24,25). The topological polar surface area (TPSA) is 42.2 Å². The number of amides is 1. The number of halogens is 5. The molecule has 8 heteroatoms. The van der Waals surface area contributed by atoms with E-state index in [0.717, 1.165) is 18.2 Å². The van der Waals surface area contributed by atoms with Crippen LogP contribution in [0.4, 0.5) is 18.9 Å². The zero-order valence-corrected chi connectivity index (χ0v) is 14.4. The van der Waals surface area contributed by atoms with E-state index in [-0.39, 0.29) is 22.1 Å². The van der Waals surface area contributed by atoms with Gasteiger partial charge in [0.2, 0.25) is 0 Å². The van der Waals surface area contributed by atoms with Crippen molar-refractivity contribution in [2.45, 2.75) is 6.18 Å². The van der Waals surface area contributed by atoms with E-state index < -0.39 is 17.6 Å². The zero-order chi connectivity index (χ0) is 18.9. The molecule has 0 radical (unpaired) electrons. The van der Waals surface area contributed by atoms with Crippen LogP contribution in [-0.2, 0) is 6.18 Å². The minimum Gasteiger partial charge on any atom is -0.451 e. The quantitative estimate of drug-likeness (QED) is 0.544. The monoisotopic (exact) mass is 399 g/mol. The fourth-order valence-corrected chi connectivity index (χ4v) is 2.64. The first-order chi connectivity index (χ1) is 12.3. The van der Waals surface area contributed by atoms with Gasteiger partial charge in [-0.3, -0.25) is 4.79 Å². The molecule has 3 nitrogen and oxygen atoms in total. The molecular weight excluding hydrogens is 390 g/mol. The van der Waals surface area contributed by atoms with Crippen LogP contribution in [-0.4, -0.2) is 5.91 Å². The second-order valence-corrected chi connectivity index (χ2v) is 6.10. The molecule has 2 aromatic carbocycles. The lowest BCUT2D eigenvalue weighted by Gasteiger charge is -2.09. The maximum atomic E-state index is 12.9. The van der Waals surface area contributed by atoms with Gasteiger partial charge >= 0.3 is 6.18 Å². The fraction of sp³-hybridized carbons (Fsp3) is 0.0556. The molecule has 0 aliphatic rings. The largest absolute Gasteiger partial charge is 0.451 e. The number of para-hydroxylation sites is 1. The van der Waals surface area contributed by atoms with Gasteiger partial charge in [0.1, 0.15) is 5.76 Å². The van der Waals surface area contributed by atoms with E-state index >= 15 is 0 Å². The smallest absolute Gasteiger partial charge is 0.416 e. The molecule has 1 aromatic heterocycles. The third kappa shape index (κ3) is 3.86. The van der Waals surface area contributed by atoms with Crippen molar-refractivity contribution >= 4 is 34.8 Å². The number of carbonyl (C=O) groups excluding carboxylic acids is 1. The van der Waals surface area contributed by atoms with E-state index in [0.29, 0.717) is 10.7 Å². The molecule has 1 N–H and O–H groups in total. The average Bonchev–Trinajstić information content (AvgIpc) is 3.06. The highest BCUT2D eigenvalue weighted by molar-refractivity contribution is 6.34. The van der Waals surface area contributed by atoms with Crippen LogP contribution in [0.25, 0.3) is 11.3 Å². The summed E-state index contributed by atoms with van der Waals surface area (Å²) in [4.78, 5) is 12.2. The number of hydrogen-bond donors (Lipinski definition) is 1. The number of hydrogen-bond acceptors (Lipinski definition) is 2. The van der Waals surface area contributed by atoms with Crippen LogP contribution >= 0.6 is 23.2 Å². The summed E-state index contributed by atoms with van der Waals surface area (Å²) in [7, 11) is 0. The van der Waals surface area contributed by atoms with Gasteiger partial charge in [0.05, 0.1) is 21.3 Å². The molecule has 1 amide bonds. The Bertz CT molecular complexity index is 967. The molecule has 26 heavy (non-hydrogen) atoms. The molecule has 0 aliphatic heterocycles. The maximum Gasteiger partial charge on any atom is 0.416 e. The van der Waals surface area contributed by atoms with Crippen molar-refractivity contribution in [2.75, 3.05) is 5.32 Å². The second-order valence-electron chi connectivity index (χ2n) is 5.29. The minimum atomic E-state index is -4.52. The summed E-state index contributed by atoms with van der Waals surface area (Å²) < 4.78 is 44.0. The number of alkyl halides is 3. The Morgan fingerprint density at radius 3 is 2.38 bits per heavy atom. The van der Waals surface area contributed by atoms with Gasteiger partial charge in [0.25, 0.3) is 5.91 Å². The summed E-state index contributed by atoms with van der Waals surface area (Å²) in [5.41, 5.74) is -0.442. The molecule has 0 aliphatic carbocycles. The molecule has 0 bridgehead atoms. The molecule has 3 aromatic rings. The lowest BCUT2D eigenvalue weighted by Crippen LogP contribution is -2.11. The van der Waals surface area contributed by atoms with Crippen molar-refractivity contribution in [3.63, 3.8) is 0 Å². The molecule has 0 unspecified atom stereocenters. The SMILES string of the molecule is O=C(Nc1ccccc1Cl)c1ccc(-c2cc(C(F)(F)F)ccc2Cl)o1. The summed E-state index contributed by atoms with van der Waals surface area (Å²) in [6, 6.07) is 12.2. The third-order valence-electron chi connectivity index (χ3n) is 3.51. The van der Waals surface area contributed by atoms with Crippen LogP contribution in [0.3, 0.4) is 0 Å². The average molecular weight is 400 g/mol. The van der Waals surface area contributed by atoms with E-state index in [1.807, 2.05) is 0 Å². The molecular formula is C18H10Cl2F3NO2. The van der Waals surface area contributed by atoms with Gasteiger partial charge in [-0.1, -0.05) is 35.3 Å². The second kappa shape index (κ2) is 7.05. The van der Waals surface area contributed by atoms with E-state index in [9.17, 15) is 18.0 Å². The van der Waals surface area contributed by atoms with Crippen molar-refractivity contribution in [3.8, 4) is 11.3 Å². The van der Waals surface area contributed by atoms with Crippen LogP contribution < -0.4 is 5.32 Å². The van der Waals surface area contributed by atoms with Gasteiger partial charge in [-0.25, -0.2) is 0 Å². The van der Waals surface area contributed by atoms with Gasteiger partial charge in [-0.15, -0.1) is 0 Å². The summed E-state index contributed by atoms with van der Waals surface area (Å²) in [6.45, 7) is 0. The van der Waals surface area contributed by atoms with E-state index in [4.69, 9.17) is 27.6 Å². The van der Waals surface area contributed by atoms with Crippen LogP contribution in [0.5, 0.6) is 0 Å². The van der Waals surface area contributed by atoms with Crippen LogP contribution in [0.1, 0.15) is 16.1 Å². The molecule has 0 saturated carbocycles. The Morgan fingerprint density at radius 1 is 0.962 bits per heavy atom. The predicted molar refractivity (Wildman–Crippen MR) is 93.6 cm³/mol. The van der Waals surface area contributed by atoms with Gasteiger partial charge in [-0.2, -0.15) is 13.2 Å². The molecule has 0 fully saturated rings. The van der Waals surface area contributed by atoms with Crippen molar-refractivity contribution in [3.05, 3.63) is 76.0 Å². The Morgan fingerprint density at radius 2 is 1.69 bits per heavy atom. The lowest BCUT2D eigenvalue weighted by molar-refractivity contribution is -0.137. The molecule has 3 rings (SSSR count). The fourth-order valence-electron chi connectivity index (χ4n) is 2.24. The Labute approximate surface area is 156 Å². The van der Waals surface area contributed by atoms with Gasteiger partial charge < -0.3 is 9.73 Å². The third-order valence-corrected chi connectivity index (χ3v) is 4.17. The highest BCUT2D eigenvalue weighted by Crippen LogP contribution is 2.36. The molecule has 0 atom stereocenters. The Balaban J connectivity index is 1.88. The van der Waals surface area contributed by atoms with Crippen LogP contribution in [0.2, 0.25) is 10.0 Å². The van der Waals surface area contributed by atoms with Gasteiger partial charge in [-0.05, 0) is 42.5 Å². The number of furan rings is 1. The zero-order valence-electron chi connectivity index (χ0n) is 12.9. The number of rotatable bonds is 3. The summed E-state index contributed by atoms with van der Waals surface area (Å²) in [5.74, 6) is -0.633. The van der Waals surface area contributed by atoms with Crippen molar-refractivity contribution < 1.29 is 22.4 Å².